The van der Waals surface area contributed by atoms with Crippen molar-refractivity contribution in [1.29, 1.82) is 0 Å². The number of benzene rings is 6. The van der Waals surface area contributed by atoms with Gasteiger partial charge in [-0.15, -0.1) is 0 Å². The fourth-order valence-electron chi connectivity index (χ4n) is 7.92. The molecule has 8 rings (SSSR count). The van der Waals surface area contributed by atoms with Crippen molar-refractivity contribution < 1.29 is 33.2 Å². The molecule has 304 valence electrons. The van der Waals surface area contributed by atoms with Crippen LogP contribution in [0, 0.1) is 0 Å². The van der Waals surface area contributed by atoms with Gasteiger partial charge in [0.05, 0.1) is 51.3 Å². The van der Waals surface area contributed by atoms with Crippen LogP contribution < -0.4 is 9.47 Å². The predicted octanol–water partition coefficient (Wildman–Crippen LogP) is 10.7. The molecular weight excluding hydrogens is 760 g/mol. The highest BCUT2D eigenvalue weighted by Crippen LogP contribution is 2.46. The fraction of sp³-hybridized carbons (Fsp3) is 0.294. The summed E-state index contributed by atoms with van der Waals surface area (Å²) in [6.45, 7) is 4.89. The summed E-state index contributed by atoms with van der Waals surface area (Å²) >= 11 is 7.21. The maximum atomic E-state index is 7.34. The molecule has 0 saturated carbocycles. The lowest BCUT2D eigenvalue weighted by molar-refractivity contribution is -0.275. The summed E-state index contributed by atoms with van der Waals surface area (Å²) in [6.07, 6.45) is -1.51. The SMILES string of the molecule is CCOc1ccc(Cc2cc([C@@H]3O[C@H](COCc4ccccc4)[C@@H](OCc4ccccc4)[C@H](OCc4ccccc4)[C@H]3OCc3ccccc3)c3c(c2Cl)OCC3)cc1. The van der Waals surface area contributed by atoms with Crippen LogP contribution in [-0.4, -0.2) is 44.2 Å². The highest BCUT2D eigenvalue weighted by molar-refractivity contribution is 6.33. The first-order valence-electron chi connectivity index (χ1n) is 20.6. The van der Waals surface area contributed by atoms with Gasteiger partial charge in [-0.2, -0.15) is 0 Å². The molecule has 8 heteroatoms. The second kappa shape index (κ2) is 20.3. The second-order valence-corrected chi connectivity index (χ2v) is 15.4. The minimum absolute atomic E-state index is 0.271. The van der Waals surface area contributed by atoms with Crippen LogP contribution in [0.1, 0.15) is 57.5 Å². The Morgan fingerprint density at radius 2 is 1.12 bits per heavy atom. The van der Waals surface area contributed by atoms with Crippen molar-refractivity contribution in [2.75, 3.05) is 19.8 Å². The molecule has 0 amide bonds. The van der Waals surface area contributed by atoms with Gasteiger partial charge in [0.15, 0.2) is 0 Å². The van der Waals surface area contributed by atoms with E-state index in [2.05, 4.69) is 66.7 Å². The summed E-state index contributed by atoms with van der Waals surface area (Å²) in [7, 11) is 0. The molecule has 6 aromatic carbocycles. The van der Waals surface area contributed by atoms with Crippen LogP contribution in [0.4, 0.5) is 0 Å². The van der Waals surface area contributed by atoms with Crippen LogP contribution >= 0.6 is 11.6 Å². The molecule has 5 atom stereocenters. The predicted molar refractivity (Wildman–Crippen MR) is 230 cm³/mol. The first-order chi connectivity index (χ1) is 29.1. The smallest absolute Gasteiger partial charge is 0.141 e. The molecule has 0 aromatic heterocycles. The van der Waals surface area contributed by atoms with E-state index in [4.69, 9.17) is 44.8 Å². The van der Waals surface area contributed by atoms with Gasteiger partial charge in [0, 0.05) is 12.0 Å². The molecule has 0 bridgehead atoms. The maximum absolute atomic E-state index is 7.34. The van der Waals surface area contributed by atoms with Crippen molar-refractivity contribution in [3.8, 4) is 11.5 Å². The molecule has 0 radical (unpaired) electrons. The lowest BCUT2D eigenvalue weighted by atomic mass is 9.86. The molecule has 0 spiro atoms. The third kappa shape index (κ3) is 10.4. The average Bonchev–Trinajstić information content (AvgIpc) is 3.79. The topological polar surface area (TPSA) is 64.6 Å². The lowest BCUT2D eigenvalue weighted by Gasteiger charge is -2.47. The molecule has 2 aliphatic rings. The first kappa shape index (κ1) is 40.8. The fourth-order valence-corrected chi connectivity index (χ4v) is 8.21. The second-order valence-electron chi connectivity index (χ2n) is 15.0. The van der Waals surface area contributed by atoms with Crippen LogP contribution in [0.25, 0.3) is 0 Å². The van der Waals surface area contributed by atoms with E-state index < -0.39 is 30.5 Å². The van der Waals surface area contributed by atoms with Crippen molar-refractivity contribution >= 4 is 11.6 Å². The molecule has 1 saturated heterocycles. The summed E-state index contributed by atoms with van der Waals surface area (Å²) in [4.78, 5) is 0. The van der Waals surface area contributed by atoms with Crippen LogP contribution in [0.3, 0.4) is 0 Å². The van der Waals surface area contributed by atoms with E-state index in [1.54, 1.807) is 0 Å². The van der Waals surface area contributed by atoms with Crippen molar-refractivity contribution in [3.05, 3.63) is 201 Å². The first-order valence-corrected chi connectivity index (χ1v) is 20.9. The Bertz CT molecular complexity index is 2190. The van der Waals surface area contributed by atoms with Gasteiger partial charge in [-0.1, -0.05) is 151 Å². The zero-order valence-electron chi connectivity index (χ0n) is 33.4. The van der Waals surface area contributed by atoms with Crippen molar-refractivity contribution in [3.63, 3.8) is 0 Å². The Kier molecular flexibility index (Phi) is 14.0. The summed E-state index contributed by atoms with van der Waals surface area (Å²) in [5, 5.41) is 0.622. The molecule has 59 heavy (non-hydrogen) atoms. The van der Waals surface area contributed by atoms with Gasteiger partial charge in [0.2, 0.25) is 0 Å². The summed E-state index contributed by atoms with van der Waals surface area (Å²) < 4.78 is 46.9. The van der Waals surface area contributed by atoms with Crippen molar-refractivity contribution in [2.24, 2.45) is 0 Å². The molecular formula is C51H51ClO7. The molecule has 0 N–H and O–H groups in total. The molecule has 2 heterocycles. The quantitative estimate of drug-likeness (QED) is 0.0857. The number of halogens is 1. The monoisotopic (exact) mass is 810 g/mol. The van der Waals surface area contributed by atoms with E-state index in [1.165, 1.54) is 0 Å². The van der Waals surface area contributed by atoms with E-state index in [0.717, 1.165) is 50.3 Å². The van der Waals surface area contributed by atoms with Crippen molar-refractivity contribution in [1.82, 2.24) is 0 Å². The number of ether oxygens (including phenoxy) is 7. The Labute approximate surface area is 352 Å². The molecule has 7 nitrogen and oxygen atoms in total. The van der Waals surface area contributed by atoms with E-state index >= 15 is 0 Å². The molecule has 6 aromatic rings. The zero-order valence-corrected chi connectivity index (χ0v) is 34.2. The maximum Gasteiger partial charge on any atom is 0.141 e. The number of hydrogen-bond acceptors (Lipinski definition) is 7. The van der Waals surface area contributed by atoms with E-state index in [0.29, 0.717) is 63.3 Å². The highest BCUT2D eigenvalue weighted by atomic mass is 35.5. The number of rotatable bonds is 18. The minimum atomic E-state index is -0.589. The van der Waals surface area contributed by atoms with E-state index in [9.17, 15) is 0 Å². The van der Waals surface area contributed by atoms with Crippen LogP contribution in [0.5, 0.6) is 11.5 Å². The van der Waals surface area contributed by atoms with Gasteiger partial charge in [0.25, 0.3) is 0 Å². The Hall–Kier alpha value is -4.99. The zero-order chi connectivity index (χ0) is 40.2. The highest BCUT2D eigenvalue weighted by Gasteiger charge is 2.50. The van der Waals surface area contributed by atoms with Gasteiger partial charge in [-0.05, 0) is 64.4 Å². The summed E-state index contributed by atoms with van der Waals surface area (Å²) in [5.41, 5.74) is 8.27. The van der Waals surface area contributed by atoms with Gasteiger partial charge >= 0.3 is 0 Å². The average molecular weight is 811 g/mol. The van der Waals surface area contributed by atoms with E-state index in [-0.39, 0.29) is 6.61 Å². The number of hydrogen-bond donors (Lipinski definition) is 0. The minimum Gasteiger partial charge on any atom is -0.494 e. The van der Waals surface area contributed by atoms with Crippen LogP contribution in [0.2, 0.25) is 5.02 Å². The van der Waals surface area contributed by atoms with Gasteiger partial charge in [-0.3, -0.25) is 0 Å². The Morgan fingerprint density at radius 3 is 1.68 bits per heavy atom. The molecule has 0 aliphatic carbocycles. The normalized spacial score (nSPS) is 19.9. The van der Waals surface area contributed by atoms with E-state index in [1.807, 2.05) is 91.9 Å². The lowest BCUT2D eigenvalue weighted by Crippen LogP contribution is -2.58. The molecule has 0 unspecified atom stereocenters. The summed E-state index contributed by atoms with van der Waals surface area (Å²) in [6, 6.07) is 51.2. The molecule has 2 aliphatic heterocycles. The number of fused-ring (bicyclic) bond motifs is 1. The van der Waals surface area contributed by atoms with Crippen LogP contribution in [0.15, 0.2) is 152 Å². The largest absolute Gasteiger partial charge is 0.494 e. The Morgan fingerprint density at radius 1 is 0.593 bits per heavy atom. The third-order valence-corrected chi connectivity index (χ3v) is 11.3. The van der Waals surface area contributed by atoms with Gasteiger partial charge in [0.1, 0.15) is 42.0 Å². The Balaban J connectivity index is 1.20. The van der Waals surface area contributed by atoms with Gasteiger partial charge < -0.3 is 33.2 Å². The van der Waals surface area contributed by atoms with Crippen LogP contribution in [-0.2, 0) is 63.0 Å². The summed E-state index contributed by atoms with van der Waals surface area (Å²) in [5.74, 6) is 1.54. The molecule has 1 fully saturated rings. The van der Waals surface area contributed by atoms with Gasteiger partial charge in [-0.25, -0.2) is 0 Å². The third-order valence-electron chi connectivity index (χ3n) is 10.9. The standard InChI is InChI=1S/C51H51ClO7/c1-2-54-42-25-23-36(24-26-42)29-41-30-44(43-27-28-55-47(43)46(41)52)48-50(57-33-39-19-11-5-12-20-39)51(58-34-40-21-13-6-14-22-40)49(56-32-38-17-9-4-10-18-38)45(59-48)35-53-31-37-15-7-3-8-16-37/h3-26,30,45,48-51H,2,27-29,31-35H2,1H3/t45-,48+,49-,50+,51+/m1/s1. The van der Waals surface area contributed by atoms with Crippen molar-refractivity contribution in [2.45, 2.75) is 76.7 Å².